The van der Waals surface area contributed by atoms with Crippen LogP contribution >= 0.6 is 0 Å². The maximum Gasteiger partial charge on any atom is 0.273 e. The number of nitrogens with one attached hydrogen (secondary N) is 1. The third-order valence-corrected chi connectivity index (χ3v) is 3.75. The predicted octanol–water partition coefficient (Wildman–Crippen LogP) is 3.10. The molecule has 7 heteroatoms. The first-order chi connectivity index (χ1) is 12.0. The Morgan fingerprint density at radius 3 is 2.64 bits per heavy atom. The normalized spacial score (nSPS) is 12.0. The van der Waals surface area contributed by atoms with E-state index in [1.54, 1.807) is 17.8 Å². The van der Waals surface area contributed by atoms with Crippen LogP contribution in [0.2, 0.25) is 0 Å². The molecular weight excluding hydrogens is 326 g/mol. The molecule has 0 fully saturated rings. The molecule has 0 radical (unpaired) electrons. The Labute approximate surface area is 143 Å². The zero-order valence-electron chi connectivity index (χ0n) is 13.5. The molecule has 3 aromatic rings. The monoisotopic (exact) mass is 342 g/mol. The van der Waals surface area contributed by atoms with Gasteiger partial charge in [-0.2, -0.15) is 0 Å². The molecule has 0 aliphatic carbocycles. The number of carbonyl (C=O) groups excluding carboxylic acids is 1. The molecular formula is C18H16F2N4O. The minimum absolute atomic E-state index is 0.158. The smallest absolute Gasteiger partial charge is 0.273 e. The van der Waals surface area contributed by atoms with Gasteiger partial charge in [0, 0.05) is 0 Å². The van der Waals surface area contributed by atoms with Crippen LogP contribution in [0, 0.1) is 11.6 Å². The lowest BCUT2D eigenvalue weighted by molar-refractivity contribution is 0.0934. The van der Waals surface area contributed by atoms with Crippen LogP contribution in [0.1, 0.15) is 34.6 Å². The molecule has 128 valence electrons. The van der Waals surface area contributed by atoms with Gasteiger partial charge in [-0.25, -0.2) is 13.5 Å². The number of rotatable bonds is 5. The lowest BCUT2D eigenvalue weighted by Gasteiger charge is -2.13. The van der Waals surface area contributed by atoms with Gasteiger partial charge in [-0.1, -0.05) is 41.6 Å². The molecule has 0 spiro atoms. The third-order valence-electron chi connectivity index (χ3n) is 3.75. The van der Waals surface area contributed by atoms with Gasteiger partial charge in [0.05, 0.1) is 18.8 Å². The SMILES string of the molecule is CC(NC(=O)c1cn(Cc2ccccc2)nn1)c1ccc(F)c(F)c1. The second-order valence-corrected chi connectivity index (χ2v) is 5.66. The lowest BCUT2D eigenvalue weighted by atomic mass is 10.1. The van der Waals surface area contributed by atoms with Crippen molar-refractivity contribution in [3.05, 3.63) is 83.2 Å². The van der Waals surface area contributed by atoms with Crippen LogP contribution in [-0.4, -0.2) is 20.9 Å². The highest BCUT2D eigenvalue weighted by molar-refractivity contribution is 5.92. The van der Waals surface area contributed by atoms with Crippen LogP contribution in [0.5, 0.6) is 0 Å². The highest BCUT2D eigenvalue weighted by Gasteiger charge is 2.16. The van der Waals surface area contributed by atoms with E-state index >= 15 is 0 Å². The molecule has 1 unspecified atom stereocenters. The van der Waals surface area contributed by atoms with Gasteiger partial charge in [0.2, 0.25) is 0 Å². The summed E-state index contributed by atoms with van der Waals surface area (Å²) in [7, 11) is 0. The maximum absolute atomic E-state index is 13.3. The van der Waals surface area contributed by atoms with Crippen LogP contribution in [0.3, 0.4) is 0 Å². The van der Waals surface area contributed by atoms with Crippen molar-refractivity contribution < 1.29 is 13.6 Å². The molecule has 1 atom stereocenters. The van der Waals surface area contributed by atoms with Crippen molar-refractivity contribution in [3.8, 4) is 0 Å². The Morgan fingerprint density at radius 2 is 1.92 bits per heavy atom. The number of nitrogens with zero attached hydrogens (tertiary/aromatic N) is 3. The molecule has 0 aliphatic heterocycles. The number of benzene rings is 2. The fraction of sp³-hybridized carbons (Fsp3) is 0.167. The highest BCUT2D eigenvalue weighted by Crippen LogP contribution is 2.16. The van der Waals surface area contributed by atoms with E-state index in [0.29, 0.717) is 12.1 Å². The van der Waals surface area contributed by atoms with E-state index in [-0.39, 0.29) is 5.69 Å². The summed E-state index contributed by atoms with van der Waals surface area (Å²) in [5.74, 6) is -2.31. The summed E-state index contributed by atoms with van der Waals surface area (Å²) in [5, 5.41) is 10.5. The number of hydrogen-bond acceptors (Lipinski definition) is 3. The minimum Gasteiger partial charge on any atom is -0.344 e. The molecule has 0 bridgehead atoms. The summed E-state index contributed by atoms with van der Waals surface area (Å²) in [4.78, 5) is 12.3. The number of carbonyl (C=O) groups is 1. The van der Waals surface area contributed by atoms with Crippen molar-refractivity contribution in [2.75, 3.05) is 0 Å². The fourth-order valence-electron chi connectivity index (χ4n) is 2.39. The van der Waals surface area contributed by atoms with Crippen LogP contribution < -0.4 is 5.32 Å². The van der Waals surface area contributed by atoms with Gasteiger partial charge >= 0.3 is 0 Å². The van der Waals surface area contributed by atoms with Gasteiger partial charge in [-0.3, -0.25) is 4.79 Å². The van der Waals surface area contributed by atoms with E-state index in [9.17, 15) is 13.6 Å². The van der Waals surface area contributed by atoms with E-state index in [1.165, 1.54) is 6.07 Å². The molecule has 5 nitrogen and oxygen atoms in total. The van der Waals surface area contributed by atoms with E-state index in [0.717, 1.165) is 17.7 Å². The zero-order valence-corrected chi connectivity index (χ0v) is 13.5. The molecule has 0 saturated heterocycles. The van der Waals surface area contributed by atoms with E-state index in [2.05, 4.69) is 15.6 Å². The number of halogens is 2. The average molecular weight is 342 g/mol. The predicted molar refractivity (Wildman–Crippen MR) is 87.8 cm³/mol. The van der Waals surface area contributed by atoms with Crippen molar-refractivity contribution >= 4 is 5.91 Å². The number of aromatic nitrogens is 3. The first-order valence-corrected chi connectivity index (χ1v) is 7.73. The molecule has 25 heavy (non-hydrogen) atoms. The van der Waals surface area contributed by atoms with Crippen molar-refractivity contribution in [1.29, 1.82) is 0 Å². The van der Waals surface area contributed by atoms with Gasteiger partial charge in [-0.15, -0.1) is 5.10 Å². The minimum atomic E-state index is -0.951. The Morgan fingerprint density at radius 1 is 1.16 bits per heavy atom. The van der Waals surface area contributed by atoms with E-state index < -0.39 is 23.6 Å². The first kappa shape index (κ1) is 16.8. The summed E-state index contributed by atoms with van der Waals surface area (Å²) in [5.41, 5.74) is 1.66. The Balaban J connectivity index is 1.66. The van der Waals surface area contributed by atoms with E-state index in [4.69, 9.17) is 0 Å². The fourth-order valence-corrected chi connectivity index (χ4v) is 2.39. The molecule has 1 amide bonds. The highest BCUT2D eigenvalue weighted by atomic mass is 19.2. The summed E-state index contributed by atoms with van der Waals surface area (Å²) in [6, 6.07) is 12.7. The topological polar surface area (TPSA) is 59.8 Å². The van der Waals surface area contributed by atoms with Gasteiger partial charge in [0.25, 0.3) is 5.91 Å². The van der Waals surface area contributed by atoms with Crippen molar-refractivity contribution in [3.63, 3.8) is 0 Å². The van der Waals surface area contributed by atoms with Crippen molar-refractivity contribution in [2.45, 2.75) is 19.5 Å². The van der Waals surface area contributed by atoms with Crippen molar-refractivity contribution in [1.82, 2.24) is 20.3 Å². The molecule has 1 heterocycles. The van der Waals surface area contributed by atoms with Crippen LogP contribution in [0.15, 0.2) is 54.7 Å². The second-order valence-electron chi connectivity index (χ2n) is 5.66. The van der Waals surface area contributed by atoms with Crippen LogP contribution in [0.4, 0.5) is 8.78 Å². The average Bonchev–Trinajstić information content (AvgIpc) is 3.07. The molecule has 3 rings (SSSR count). The Bertz CT molecular complexity index is 880. The molecule has 0 aliphatic rings. The van der Waals surface area contributed by atoms with Gasteiger partial charge in [-0.05, 0) is 30.2 Å². The Hall–Kier alpha value is -3.09. The standard InChI is InChI=1S/C18H16F2N4O/c1-12(14-7-8-15(19)16(20)9-14)21-18(25)17-11-24(23-22-17)10-13-5-3-2-4-6-13/h2-9,11-12H,10H2,1H3,(H,21,25). The summed E-state index contributed by atoms with van der Waals surface area (Å²) < 4.78 is 27.8. The second kappa shape index (κ2) is 7.21. The number of amides is 1. The lowest BCUT2D eigenvalue weighted by Crippen LogP contribution is -2.27. The molecule has 0 saturated carbocycles. The van der Waals surface area contributed by atoms with Crippen molar-refractivity contribution in [2.24, 2.45) is 0 Å². The molecule has 1 aromatic heterocycles. The van der Waals surface area contributed by atoms with Gasteiger partial charge in [0.15, 0.2) is 17.3 Å². The first-order valence-electron chi connectivity index (χ1n) is 7.73. The number of hydrogen-bond donors (Lipinski definition) is 1. The van der Waals surface area contributed by atoms with Crippen LogP contribution in [0.25, 0.3) is 0 Å². The van der Waals surface area contributed by atoms with Crippen LogP contribution in [-0.2, 0) is 6.54 Å². The quantitative estimate of drug-likeness (QED) is 0.775. The molecule has 1 N–H and O–H groups in total. The summed E-state index contributed by atoms with van der Waals surface area (Å²) in [6.45, 7) is 2.18. The van der Waals surface area contributed by atoms with Gasteiger partial charge in [0.1, 0.15) is 0 Å². The molecule has 2 aromatic carbocycles. The maximum atomic E-state index is 13.3. The largest absolute Gasteiger partial charge is 0.344 e. The summed E-state index contributed by atoms with van der Waals surface area (Å²) in [6.07, 6.45) is 1.54. The Kier molecular flexibility index (Phi) is 4.83. The van der Waals surface area contributed by atoms with E-state index in [1.807, 2.05) is 30.3 Å². The van der Waals surface area contributed by atoms with Gasteiger partial charge < -0.3 is 5.32 Å². The third kappa shape index (κ3) is 4.06. The summed E-state index contributed by atoms with van der Waals surface area (Å²) >= 11 is 0. The zero-order chi connectivity index (χ0) is 17.8.